The number of halogens is 1. The van der Waals surface area contributed by atoms with Crippen molar-refractivity contribution in [2.24, 2.45) is 0 Å². The summed E-state index contributed by atoms with van der Waals surface area (Å²) in [5, 5.41) is 3.49. The number of piperidine rings is 1. The Kier molecular flexibility index (Phi) is 5.41. The molecule has 0 saturated carbocycles. The first-order chi connectivity index (χ1) is 9.44. The molecule has 0 radical (unpaired) electrons. The maximum Gasteiger partial charge on any atom is 0.0974 e. The number of ether oxygens (including phenoxy) is 1. The number of nitrogens with one attached hydrogen (secondary N) is 1. The van der Waals surface area contributed by atoms with Gasteiger partial charge in [0, 0.05) is 29.8 Å². The largest absolute Gasteiger partial charge is 0.370 e. The second-order valence-electron chi connectivity index (χ2n) is 6.23. The Hall–Kier alpha value is -0.650. The molecule has 1 aliphatic heterocycles. The Labute approximate surface area is 130 Å². The number of nitrogens with zero attached hydrogens (tertiary/aromatic N) is 2. The van der Waals surface area contributed by atoms with Crippen LogP contribution < -0.4 is 10.2 Å². The van der Waals surface area contributed by atoms with Crippen molar-refractivity contribution in [2.75, 3.05) is 24.7 Å². The molecule has 0 aromatic carbocycles. The number of hydrogen-bond acceptors (Lipinski definition) is 4. The molecule has 1 aliphatic rings. The SMILES string of the molecule is CC(C)(C)OCNC1CCN(c2cncc(Br)c2)CC1. The molecule has 1 aromatic rings. The Morgan fingerprint density at radius 1 is 1.35 bits per heavy atom. The molecule has 0 unspecified atom stereocenters. The summed E-state index contributed by atoms with van der Waals surface area (Å²) in [7, 11) is 0. The summed E-state index contributed by atoms with van der Waals surface area (Å²) in [4.78, 5) is 6.62. The lowest BCUT2D eigenvalue weighted by atomic mass is 10.0. The van der Waals surface area contributed by atoms with Crippen LogP contribution in [0.5, 0.6) is 0 Å². The number of anilines is 1. The van der Waals surface area contributed by atoms with E-state index in [4.69, 9.17) is 4.74 Å². The summed E-state index contributed by atoms with van der Waals surface area (Å²) in [5.41, 5.74) is 1.12. The molecule has 2 rings (SSSR count). The van der Waals surface area contributed by atoms with Crippen LogP contribution in [0.1, 0.15) is 33.6 Å². The normalized spacial score (nSPS) is 17.5. The highest BCUT2D eigenvalue weighted by Gasteiger charge is 2.20. The van der Waals surface area contributed by atoms with E-state index in [1.54, 1.807) is 0 Å². The van der Waals surface area contributed by atoms with Crippen molar-refractivity contribution in [3.63, 3.8) is 0 Å². The maximum absolute atomic E-state index is 5.72. The van der Waals surface area contributed by atoms with E-state index in [0.29, 0.717) is 12.8 Å². The second-order valence-corrected chi connectivity index (χ2v) is 7.14. The van der Waals surface area contributed by atoms with E-state index in [-0.39, 0.29) is 5.60 Å². The van der Waals surface area contributed by atoms with E-state index < -0.39 is 0 Å². The summed E-state index contributed by atoms with van der Waals surface area (Å²) < 4.78 is 6.75. The van der Waals surface area contributed by atoms with E-state index in [1.165, 1.54) is 5.69 Å². The van der Waals surface area contributed by atoms with Crippen LogP contribution in [0, 0.1) is 0 Å². The van der Waals surface area contributed by atoms with Gasteiger partial charge in [-0.25, -0.2) is 0 Å². The van der Waals surface area contributed by atoms with E-state index >= 15 is 0 Å². The molecule has 5 heteroatoms. The van der Waals surface area contributed by atoms with Gasteiger partial charge < -0.3 is 9.64 Å². The standard InChI is InChI=1S/C15H24BrN3O/c1-15(2,3)20-11-18-13-4-6-19(7-5-13)14-8-12(16)9-17-10-14/h8-10,13,18H,4-7,11H2,1-3H3. The first kappa shape index (κ1) is 15.7. The van der Waals surface area contributed by atoms with Gasteiger partial charge in [0.2, 0.25) is 0 Å². The van der Waals surface area contributed by atoms with Gasteiger partial charge in [-0.05, 0) is 55.6 Å². The van der Waals surface area contributed by atoms with Gasteiger partial charge in [0.05, 0.1) is 24.2 Å². The average molecular weight is 342 g/mol. The van der Waals surface area contributed by atoms with Crippen LogP contribution in [0.2, 0.25) is 0 Å². The van der Waals surface area contributed by atoms with Crippen molar-refractivity contribution >= 4 is 21.6 Å². The molecule has 20 heavy (non-hydrogen) atoms. The first-order valence-electron chi connectivity index (χ1n) is 7.17. The molecule has 1 fully saturated rings. The van der Waals surface area contributed by atoms with Gasteiger partial charge in [0.25, 0.3) is 0 Å². The lowest BCUT2D eigenvalue weighted by molar-refractivity contribution is -0.0181. The third-order valence-electron chi connectivity index (χ3n) is 3.43. The topological polar surface area (TPSA) is 37.4 Å². The predicted octanol–water partition coefficient (Wildman–Crippen LogP) is 3.18. The van der Waals surface area contributed by atoms with Gasteiger partial charge in [-0.15, -0.1) is 0 Å². The van der Waals surface area contributed by atoms with E-state index in [9.17, 15) is 0 Å². The highest BCUT2D eigenvalue weighted by atomic mass is 79.9. The van der Waals surface area contributed by atoms with Crippen molar-refractivity contribution in [2.45, 2.75) is 45.3 Å². The van der Waals surface area contributed by atoms with Crippen LogP contribution in [0.25, 0.3) is 0 Å². The molecule has 1 N–H and O–H groups in total. The summed E-state index contributed by atoms with van der Waals surface area (Å²) in [6, 6.07) is 2.68. The molecule has 0 atom stereocenters. The van der Waals surface area contributed by atoms with Crippen molar-refractivity contribution in [1.82, 2.24) is 10.3 Å². The third-order valence-corrected chi connectivity index (χ3v) is 3.86. The number of aromatic nitrogens is 1. The van der Waals surface area contributed by atoms with Crippen molar-refractivity contribution in [1.29, 1.82) is 0 Å². The summed E-state index contributed by atoms with van der Waals surface area (Å²) in [6.45, 7) is 9.00. The lowest BCUT2D eigenvalue weighted by Crippen LogP contribution is -2.44. The molecule has 4 nitrogen and oxygen atoms in total. The molecule has 112 valence electrons. The number of pyridine rings is 1. The van der Waals surface area contributed by atoms with Crippen LogP contribution in [0.3, 0.4) is 0 Å². The van der Waals surface area contributed by atoms with E-state index in [0.717, 1.165) is 30.4 Å². The van der Waals surface area contributed by atoms with E-state index in [2.05, 4.69) is 58.0 Å². The molecule has 1 saturated heterocycles. The average Bonchev–Trinajstić information content (AvgIpc) is 2.38. The first-order valence-corrected chi connectivity index (χ1v) is 7.96. The minimum Gasteiger partial charge on any atom is -0.370 e. The fraction of sp³-hybridized carbons (Fsp3) is 0.667. The van der Waals surface area contributed by atoms with E-state index in [1.807, 2.05) is 12.4 Å². The van der Waals surface area contributed by atoms with Gasteiger partial charge >= 0.3 is 0 Å². The Balaban J connectivity index is 1.75. The number of rotatable bonds is 4. The van der Waals surface area contributed by atoms with Crippen LogP contribution >= 0.6 is 15.9 Å². The third kappa shape index (κ3) is 5.04. The van der Waals surface area contributed by atoms with Crippen molar-refractivity contribution in [3.05, 3.63) is 22.9 Å². The molecule has 1 aromatic heterocycles. The van der Waals surface area contributed by atoms with Crippen molar-refractivity contribution in [3.8, 4) is 0 Å². The summed E-state index contributed by atoms with van der Waals surface area (Å²) >= 11 is 3.48. The predicted molar refractivity (Wildman–Crippen MR) is 86.0 cm³/mol. The zero-order valence-electron chi connectivity index (χ0n) is 12.5. The molecular weight excluding hydrogens is 318 g/mol. The molecule has 0 bridgehead atoms. The van der Waals surface area contributed by atoms with Gasteiger partial charge in [-0.3, -0.25) is 10.3 Å². The zero-order chi connectivity index (χ0) is 14.6. The summed E-state index contributed by atoms with van der Waals surface area (Å²) in [6.07, 6.45) is 6.03. The van der Waals surface area contributed by atoms with Crippen LogP contribution in [-0.2, 0) is 4.74 Å². The van der Waals surface area contributed by atoms with Gasteiger partial charge in [-0.2, -0.15) is 0 Å². The smallest absolute Gasteiger partial charge is 0.0974 e. The molecular formula is C15H24BrN3O. The Morgan fingerprint density at radius 2 is 2.05 bits per heavy atom. The van der Waals surface area contributed by atoms with Crippen molar-refractivity contribution < 1.29 is 4.74 Å². The van der Waals surface area contributed by atoms with Gasteiger partial charge in [-0.1, -0.05) is 0 Å². The monoisotopic (exact) mass is 341 g/mol. The number of hydrogen-bond donors (Lipinski definition) is 1. The zero-order valence-corrected chi connectivity index (χ0v) is 14.1. The van der Waals surface area contributed by atoms with Crippen LogP contribution in [-0.4, -0.2) is 36.4 Å². The lowest BCUT2D eigenvalue weighted by Gasteiger charge is -2.34. The quantitative estimate of drug-likeness (QED) is 0.853. The minimum absolute atomic E-state index is 0.0737. The van der Waals surface area contributed by atoms with Crippen LogP contribution in [0.15, 0.2) is 22.9 Å². The van der Waals surface area contributed by atoms with Crippen LogP contribution in [0.4, 0.5) is 5.69 Å². The molecule has 0 spiro atoms. The summed E-state index contributed by atoms with van der Waals surface area (Å²) in [5.74, 6) is 0. The Morgan fingerprint density at radius 3 is 2.65 bits per heavy atom. The molecule has 0 aliphatic carbocycles. The van der Waals surface area contributed by atoms with Gasteiger partial charge in [0.15, 0.2) is 0 Å². The molecule has 2 heterocycles. The Bertz CT molecular complexity index is 425. The minimum atomic E-state index is -0.0737. The molecule has 0 amide bonds. The second kappa shape index (κ2) is 6.87. The highest BCUT2D eigenvalue weighted by Crippen LogP contribution is 2.22. The fourth-order valence-electron chi connectivity index (χ4n) is 2.29. The fourth-order valence-corrected chi connectivity index (χ4v) is 2.64. The maximum atomic E-state index is 5.72. The highest BCUT2D eigenvalue weighted by molar-refractivity contribution is 9.10. The van der Waals surface area contributed by atoms with Gasteiger partial charge in [0.1, 0.15) is 0 Å².